The molecule has 114 valence electrons. The predicted molar refractivity (Wildman–Crippen MR) is 86.9 cm³/mol. The number of fused-ring (bicyclic) bond motifs is 1. The van der Waals surface area contributed by atoms with Gasteiger partial charge in [-0.25, -0.2) is 0 Å². The molecule has 0 bridgehead atoms. The van der Waals surface area contributed by atoms with Crippen LogP contribution in [0.5, 0.6) is 0 Å². The van der Waals surface area contributed by atoms with E-state index >= 15 is 0 Å². The molecule has 3 nitrogen and oxygen atoms in total. The zero-order valence-corrected chi connectivity index (χ0v) is 12.8. The van der Waals surface area contributed by atoms with Gasteiger partial charge in [-0.3, -0.25) is 9.74 Å². The maximum absolute atomic E-state index is 6.15. The SMILES string of the molecule is c1ccc(CN2CC3CN(Cc4ccccc4)OC3C2)cc1. The van der Waals surface area contributed by atoms with E-state index in [4.69, 9.17) is 4.84 Å². The van der Waals surface area contributed by atoms with Crippen LogP contribution in [0.25, 0.3) is 0 Å². The average Bonchev–Trinajstić information content (AvgIpc) is 3.07. The van der Waals surface area contributed by atoms with Gasteiger partial charge in [0.05, 0.1) is 6.10 Å². The molecule has 0 N–H and O–H groups in total. The van der Waals surface area contributed by atoms with Crippen molar-refractivity contribution in [1.82, 2.24) is 9.96 Å². The summed E-state index contributed by atoms with van der Waals surface area (Å²) in [5, 5.41) is 2.14. The van der Waals surface area contributed by atoms with E-state index in [1.807, 2.05) is 0 Å². The van der Waals surface area contributed by atoms with E-state index in [9.17, 15) is 0 Å². The summed E-state index contributed by atoms with van der Waals surface area (Å²) in [5.41, 5.74) is 2.72. The molecule has 0 amide bonds. The van der Waals surface area contributed by atoms with Crippen LogP contribution in [0.3, 0.4) is 0 Å². The van der Waals surface area contributed by atoms with Crippen LogP contribution in [-0.2, 0) is 17.9 Å². The molecule has 2 saturated heterocycles. The van der Waals surface area contributed by atoms with E-state index in [2.05, 4.69) is 70.6 Å². The molecule has 0 aromatic heterocycles. The van der Waals surface area contributed by atoms with E-state index in [1.165, 1.54) is 11.1 Å². The first kappa shape index (κ1) is 13.9. The van der Waals surface area contributed by atoms with Crippen molar-refractivity contribution in [1.29, 1.82) is 0 Å². The smallest absolute Gasteiger partial charge is 0.0973 e. The zero-order chi connectivity index (χ0) is 14.8. The summed E-state index contributed by atoms with van der Waals surface area (Å²) < 4.78 is 0. The molecule has 2 aromatic rings. The number of hydroxylamine groups is 2. The summed E-state index contributed by atoms with van der Waals surface area (Å²) in [5.74, 6) is 0.646. The lowest BCUT2D eigenvalue weighted by molar-refractivity contribution is -0.153. The molecule has 0 radical (unpaired) electrons. The second kappa shape index (κ2) is 6.21. The van der Waals surface area contributed by atoms with Gasteiger partial charge in [0, 0.05) is 38.6 Å². The molecular weight excluding hydrogens is 272 g/mol. The summed E-state index contributed by atoms with van der Waals surface area (Å²) in [4.78, 5) is 8.67. The Labute approximate surface area is 132 Å². The van der Waals surface area contributed by atoms with Crippen LogP contribution in [0.1, 0.15) is 11.1 Å². The molecule has 2 unspecified atom stereocenters. The lowest BCUT2D eigenvalue weighted by Gasteiger charge is -2.21. The van der Waals surface area contributed by atoms with Gasteiger partial charge in [0.2, 0.25) is 0 Å². The Bertz CT molecular complexity index is 534. The first-order chi connectivity index (χ1) is 10.9. The first-order valence-electron chi connectivity index (χ1n) is 8.09. The Morgan fingerprint density at radius 1 is 0.773 bits per heavy atom. The van der Waals surface area contributed by atoms with Crippen molar-refractivity contribution < 1.29 is 4.84 Å². The van der Waals surface area contributed by atoms with Crippen LogP contribution in [0.4, 0.5) is 0 Å². The molecule has 2 aromatic carbocycles. The van der Waals surface area contributed by atoms with Crippen LogP contribution in [0.2, 0.25) is 0 Å². The highest BCUT2D eigenvalue weighted by atomic mass is 16.7. The number of hydrogen-bond donors (Lipinski definition) is 0. The summed E-state index contributed by atoms with van der Waals surface area (Å²) in [7, 11) is 0. The molecule has 2 aliphatic heterocycles. The number of benzene rings is 2. The Morgan fingerprint density at radius 2 is 1.41 bits per heavy atom. The van der Waals surface area contributed by atoms with Crippen LogP contribution >= 0.6 is 0 Å². The molecule has 0 aliphatic carbocycles. The van der Waals surface area contributed by atoms with Crippen LogP contribution < -0.4 is 0 Å². The second-order valence-electron chi connectivity index (χ2n) is 6.39. The summed E-state index contributed by atoms with van der Waals surface area (Å²) >= 11 is 0. The van der Waals surface area contributed by atoms with Crippen LogP contribution in [-0.4, -0.2) is 35.7 Å². The van der Waals surface area contributed by atoms with Gasteiger partial charge in [-0.15, -0.1) is 0 Å². The molecule has 2 fully saturated rings. The average molecular weight is 294 g/mol. The van der Waals surface area contributed by atoms with Crippen molar-refractivity contribution in [3.05, 3.63) is 71.8 Å². The molecule has 4 rings (SSSR count). The van der Waals surface area contributed by atoms with E-state index in [0.29, 0.717) is 12.0 Å². The molecule has 3 heteroatoms. The Morgan fingerprint density at radius 3 is 2.05 bits per heavy atom. The van der Waals surface area contributed by atoms with Gasteiger partial charge in [0.1, 0.15) is 0 Å². The Balaban J connectivity index is 1.31. The van der Waals surface area contributed by atoms with Crippen LogP contribution in [0, 0.1) is 5.92 Å². The third kappa shape index (κ3) is 3.07. The van der Waals surface area contributed by atoms with Crippen molar-refractivity contribution in [2.24, 2.45) is 5.92 Å². The highest BCUT2D eigenvalue weighted by Crippen LogP contribution is 2.30. The minimum Gasteiger partial charge on any atom is -0.296 e. The van der Waals surface area contributed by atoms with E-state index in [0.717, 1.165) is 32.7 Å². The second-order valence-corrected chi connectivity index (χ2v) is 6.39. The molecular formula is C19H22N2O. The number of likely N-dealkylation sites (tertiary alicyclic amines) is 1. The number of hydrogen-bond acceptors (Lipinski definition) is 3. The zero-order valence-electron chi connectivity index (χ0n) is 12.8. The molecule has 2 aliphatic rings. The fourth-order valence-corrected chi connectivity index (χ4v) is 3.58. The van der Waals surface area contributed by atoms with Gasteiger partial charge < -0.3 is 0 Å². The summed E-state index contributed by atoms with van der Waals surface area (Å²) in [6, 6.07) is 21.3. The Hall–Kier alpha value is -1.68. The standard InChI is InChI=1S/C19H22N2O/c1-3-7-16(8-4-1)11-20-13-18-14-21(22-19(18)15-20)12-17-9-5-2-6-10-17/h1-10,18-19H,11-15H2. The molecule has 22 heavy (non-hydrogen) atoms. The van der Waals surface area contributed by atoms with Gasteiger partial charge in [-0.1, -0.05) is 60.7 Å². The minimum absolute atomic E-state index is 0.368. The molecule has 0 spiro atoms. The van der Waals surface area contributed by atoms with E-state index in [1.54, 1.807) is 0 Å². The summed E-state index contributed by atoms with van der Waals surface area (Å²) in [6.45, 7) is 5.17. The number of rotatable bonds is 4. The van der Waals surface area contributed by atoms with Gasteiger partial charge in [0.15, 0.2) is 0 Å². The highest BCUT2D eigenvalue weighted by molar-refractivity contribution is 5.16. The van der Waals surface area contributed by atoms with Gasteiger partial charge in [0.25, 0.3) is 0 Å². The van der Waals surface area contributed by atoms with Gasteiger partial charge in [-0.05, 0) is 11.1 Å². The maximum atomic E-state index is 6.15. The lowest BCUT2D eigenvalue weighted by Crippen LogP contribution is -2.28. The Kier molecular flexibility index (Phi) is 3.94. The van der Waals surface area contributed by atoms with Crippen molar-refractivity contribution in [3.63, 3.8) is 0 Å². The van der Waals surface area contributed by atoms with Crippen molar-refractivity contribution >= 4 is 0 Å². The van der Waals surface area contributed by atoms with Crippen molar-refractivity contribution in [3.8, 4) is 0 Å². The molecule has 2 atom stereocenters. The largest absolute Gasteiger partial charge is 0.296 e. The lowest BCUT2D eigenvalue weighted by atomic mass is 10.1. The fraction of sp³-hybridized carbons (Fsp3) is 0.368. The first-order valence-corrected chi connectivity index (χ1v) is 8.09. The monoisotopic (exact) mass is 294 g/mol. The third-order valence-corrected chi connectivity index (χ3v) is 4.63. The summed E-state index contributed by atoms with van der Waals surface area (Å²) in [6.07, 6.45) is 0.368. The van der Waals surface area contributed by atoms with Gasteiger partial charge >= 0.3 is 0 Å². The number of nitrogens with zero attached hydrogens (tertiary/aromatic N) is 2. The molecule has 2 heterocycles. The highest BCUT2D eigenvalue weighted by Gasteiger charge is 2.41. The quantitative estimate of drug-likeness (QED) is 0.862. The fourth-order valence-electron chi connectivity index (χ4n) is 3.58. The van der Waals surface area contributed by atoms with E-state index < -0.39 is 0 Å². The molecule has 0 saturated carbocycles. The normalized spacial score (nSPS) is 25.5. The van der Waals surface area contributed by atoms with Gasteiger partial charge in [-0.2, -0.15) is 5.06 Å². The van der Waals surface area contributed by atoms with Crippen LogP contribution in [0.15, 0.2) is 60.7 Å². The third-order valence-electron chi connectivity index (χ3n) is 4.63. The topological polar surface area (TPSA) is 15.7 Å². The maximum Gasteiger partial charge on any atom is 0.0973 e. The van der Waals surface area contributed by atoms with E-state index in [-0.39, 0.29) is 0 Å². The van der Waals surface area contributed by atoms with Crippen molar-refractivity contribution in [2.45, 2.75) is 19.2 Å². The minimum atomic E-state index is 0.368. The van der Waals surface area contributed by atoms with Crippen molar-refractivity contribution in [2.75, 3.05) is 19.6 Å². The predicted octanol–water partition coefficient (Wildman–Crippen LogP) is 2.93.